The molecule has 3 N–H and O–H groups in total. The summed E-state index contributed by atoms with van der Waals surface area (Å²) in [4.78, 5) is 11.7. The molecule has 1 aromatic carbocycles. The second kappa shape index (κ2) is 6.71. The van der Waals surface area contributed by atoms with Crippen LogP contribution in [0.4, 0.5) is 5.69 Å². The number of benzene rings is 1. The number of hydrogen-bond acceptors (Lipinski definition) is 5. The Morgan fingerprint density at radius 2 is 1.95 bits per heavy atom. The molecule has 0 radical (unpaired) electrons. The number of anilines is 1. The predicted molar refractivity (Wildman–Crippen MR) is 76.7 cm³/mol. The van der Waals surface area contributed by atoms with Crippen LogP contribution in [0.5, 0.6) is 0 Å². The number of sulfonamides is 1. The van der Waals surface area contributed by atoms with E-state index >= 15 is 0 Å². The Labute approximate surface area is 119 Å². The van der Waals surface area contributed by atoms with Gasteiger partial charge in [-0.25, -0.2) is 18.4 Å². The van der Waals surface area contributed by atoms with Crippen molar-refractivity contribution in [3.63, 3.8) is 0 Å². The molecule has 0 bridgehead atoms. The van der Waals surface area contributed by atoms with Gasteiger partial charge in [0.25, 0.3) is 0 Å². The molecule has 0 aliphatic heterocycles. The van der Waals surface area contributed by atoms with Crippen LogP contribution in [-0.4, -0.2) is 27.5 Å². The number of carbonyl (C=O) groups is 1. The molecule has 20 heavy (non-hydrogen) atoms. The second-order valence-corrected chi connectivity index (χ2v) is 6.42. The molecular formula is C13H20N2O4S. The van der Waals surface area contributed by atoms with Crippen LogP contribution in [-0.2, 0) is 19.6 Å². The molecule has 1 atom stereocenters. The van der Waals surface area contributed by atoms with Gasteiger partial charge in [0.15, 0.2) is 0 Å². The van der Waals surface area contributed by atoms with Crippen LogP contribution in [0.1, 0.15) is 20.3 Å². The minimum atomic E-state index is -3.85. The summed E-state index contributed by atoms with van der Waals surface area (Å²) in [6.07, 6.45) is 0.519. The van der Waals surface area contributed by atoms with Gasteiger partial charge in [-0.15, -0.1) is 0 Å². The maximum atomic E-state index is 11.7. The molecule has 0 heterocycles. The number of nitrogens with two attached hydrogens (primary N) is 1. The summed E-state index contributed by atoms with van der Waals surface area (Å²) in [7, 11) is -2.56. The highest BCUT2D eigenvalue weighted by Crippen LogP contribution is 2.22. The first-order valence-corrected chi connectivity index (χ1v) is 7.76. The van der Waals surface area contributed by atoms with Gasteiger partial charge in [-0.3, -0.25) is 0 Å². The summed E-state index contributed by atoms with van der Waals surface area (Å²) in [5, 5.41) is 8.06. The first-order chi connectivity index (χ1) is 9.25. The van der Waals surface area contributed by atoms with E-state index in [1.165, 1.54) is 13.2 Å². The Morgan fingerprint density at radius 3 is 2.45 bits per heavy atom. The number of primary sulfonamides is 1. The Hall–Kier alpha value is -1.60. The highest BCUT2D eigenvalue weighted by Gasteiger charge is 2.23. The van der Waals surface area contributed by atoms with Gasteiger partial charge < -0.3 is 10.1 Å². The third-order valence-electron chi connectivity index (χ3n) is 2.72. The predicted octanol–water partition coefficient (Wildman–Crippen LogP) is 1.33. The monoisotopic (exact) mass is 300 g/mol. The number of methoxy groups -OCH3 is 1. The van der Waals surface area contributed by atoms with E-state index in [2.05, 4.69) is 5.32 Å². The van der Waals surface area contributed by atoms with Crippen LogP contribution in [0.3, 0.4) is 0 Å². The molecule has 6 nitrogen and oxygen atoms in total. The quantitative estimate of drug-likeness (QED) is 0.772. The van der Waals surface area contributed by atoms with Crippen LogP contribution in [0.25, 0.3) is 0 Å². The van der Waals surface area contributed by atoms with Gasteiger partial charge in [-0.2, -0.15) is 0 Å². The number of para-hydroxylation sites is 1. The Bertz CT molecular complexity index is 569. The van der Waals surface area contributed by atoms with E-state index in [4.69, 9.17) is 9.88 Å². The van der Waals surface area contributed by atoms with E-state index in [0.717, 1.165) is 0 Å². The van der Waals surface area contributed by atoms with Crippen molar-refractivity contribution in [3.05, 3.63) is 24.3 Å². The lowest BCUT2D eigenvalue weighted by atomic mass is 10.0. The molecule has 0 saturated carbocycles. The summed E-state index contributed by atoms with van der Waals surface area (Å²) in [6.45, 7) is 3.92. The minimum absolute atomic E-state index is 0.0438. The summed E-state index contributed by atoms with van der Waals surface area (Å²) in [6, 6.07) is 5.57. The third kappa shape index (κ3) is 4.50. The Morgan fingerprint density at radius 1 is 1.35 bits per heavy atom. The standard InChI is InChI=1S/C13H20N2O4S/c1-9(2)8-11(13(16)19-3)15-10-6-4-5-7-12(10)20(14,17)18/h4-7,9,11,15H,8H2,1-3H3,(H2,14,17,18). The fourth-order valence-electron chi connectivity index (χ4n) is 1.85. The van der Waals surface area contributed by atoms with Gasteiger partial charge in [-0.1, -0.05) is 26.0 Å². The molecule has 7 heteroatoms. The van der Waals surface area contributed by atoms with Gasteiger partial charge in [0, 0.05) is 0 Å². The summed E-state index contributed by atoms with van der Waals surface area (Å²) in [5.74, 6) is -0.198. The lowest BCUT2D eigenvalue weighted by Crippen LogP contribution is -2.33. The van der Waals surface area contributed by atoms with Crippen molar-refractivity contribution in [1.82, 2.24) is 0 Å². The van der Waals surface area contributed by atoms with Crippen LogP contribution in [0.2, 0.25) is 0 Å². The van der Waals surface area contributed by atoms with Crippen LogP contribution < -0.4 is 10.5 Å². The van der Waals surface area contributed by atoms with Crippen LogP contribution in [0.15, 0.2) is 29.2 Å². The molecule has 1 unspecified atom stereocenters. The number of rotatable bonds is 6. The first-order valence-electron chi connectivity index (χ1n) is 6.22. The molecule has 1 aromatic rings. The van der Waals surface area contributed by atoms with Crippen LogP contribution >= 0.6 is 0 Å². The van der Waals surface area contributed by atoms with Crippen molar-refractivity contribution in [2.24, 2.45) is 11.1 Å². The minimum Gasteiger partial charge on any atom is -0.467 e. The van der Waals surface area contributed by atoms with Crippen LogP contribution in [0, 0.1) is 5.92 Å². The van der Waals surface area contributed by atoms with Crippen molar-refractivity contribution in [2.75, 3.05) is 12.4 Å². The largest absolute Gasteiger partial charge is 0.467 e. The van der Waals surface area contributed by atoms with Crippen molar-refractivity contribution >= 4 is 21.7 Å². The highest BCUT2D eigenvalue weighted by molar-refractivity contribution is 7.89. The third-order valence-corrected chi connectivity index (χ3v) is 3.69. The van der Waals surface area contributed by atoms with Gasteiger partial charge in [-0.05, 0) is 24.5 Å². The lowest BCUT2D eigenvalue weighted by Gasteiger charge is -2.20. The van der Waals surface area contributed by atoms with Crippen molar-refractivity contribution in [3.8, 4) is 0 Å². The van der Waals surface area contributed by atoms with Crippen molar-refractivity contribution < 1.29 is 17.9 Å². The maximum Gasteiger partial charge on any atom is 0.328 e. The number of ether oxygens (including phenoxy) is 1. The molecule has 0 fully saturated rings. The van der Waals surface area contributed by atoms with E-state index in [1.54, 1.807) is 18.2 Å². The Kier molecular flexibility index (Phi) is 5.52. The first kappa shape index (κ1) is 16.5. The van der Waals surface area contributed by atoms with E-state index in [1.807, 2.05) is 13.8 Å². The van der Waals surface area contributed by atoms with E-state index < -0.39 is 22.0 Å². The molecule has 112 valence electrons. The number of hydrogen-bond donors (Lipinski definition) is 2. The normalized spacial score (nSPS) is 13.1. The second-order valence-electron chi connectivity index (χ2n) is 4.89. The molecular weight excluding hydrogens is 280 g/mol. The van der Waals surface area contributed by atoms with E-state index in [9.17, 15) is 13.2 Å². The Balaban J connectivity index is 3.09. The smallest absolute Gasteiger partial charge is 0.328 e. The average molecular weight is 300 g/mol. The highest BCUT2D eigenvalue weighted by atomic mass is 32.2. The summed E-state index contributed by atoms with van der Waals surface area (Å²) < 4.78 is 27.8. The molecule has 0 spiro atoms. The molecule has 0 aromatic heterocycles. The van der Waals surface area contributed by atoms with Gasteiger partial charge in [0.1, 0.15) is 10.9 Å². The SMILES string of the molecule is COC(=O)C(CC(C)C)Nc1ccccc1S(N)(=O)=O. The van der Waals surface area contributed by atoms with Gasteiger partial charge in [0.05, 0.1) is 12.8 Å². The number of nitrogens with one attached hydrogen (secondary N) is 1. The molecule has 0 saturated heterocycles. The zero-order chi connectivity index (χ0) is 15.3. The zero-order valence-electron chi connectivity index (χ0n) is 11.8. The topological polar surface area (TPSA) is 98.5 Å². The van der Waals surface area contributed by atoms with E-state index in [0.29, 0.717) is 12.1 Å². The molecule has 0 amide bonds. The number of carbonyl (C=O) groups excluding carboxylic acids is 1. The fourth-order valence-corrected chi connectivity index (χ4v) is 2.55. The number of esters is 1. The summed E-state index contributed by atoms with van der Waals surface area (Å²) >= 11 is 0. The van der Waals surface area contributed by atoms with E-state index in [-0.39, 0.29) is 10.8 Å². The average Bonchev–Trinajstić information content (AvgIpc) is 2.36. The van der Waals surface area contributed by atoms with Gasteiger partial charge >= 0.3 is 5.97 Å². The maximum absolute atomic E-state index is 11.7. The molecule has 1 rings (SSSR count). The molecule has 0 aliphatic carbocycles. The van der Waals surface area contributed by atoms with Crippen molar-refractivity contribution in [1.29, 1.82) is 0 Å². The zero-order valence-corrected chi connectivity index (χ0v) is 12.6. The molecule has 0 aliphatic rings. The lowest BCUT2D eigenvalue weighted by molar-refractivity contribution is -0.141. The summed E-state index contributed by atoms with van der Waals surface area (Å²) in [5.41, 5.74) is 0.297. The van der Waals surface area contributed by atoms with Gasteiger partial charge in [0.2, 0.25) is 10.0 Å². The van der Waals surface area contributed by atoms with Crippen molar-refractivity contribution in [2.45, 2.75) is 31.2 Å². The fraction of sp³-hybridized carbons (Fsp3) is 0.462.